The Labute approximate surface area is 277 Å². The lowest BCUT2D eigenvalue weighted by molar-refractivity contribution is -0.148. The first-order valence-electron chi connectivity index (χ1n) is 15.9. The Balaban J connectivity index is 1.68. The van der Waals surface area contributed by atoms with Gasteiger partial charge in [0.1, 0.15) is 42.7 Å². The van der Waals surface area contributed by atoms with E-state index in [1.165, 1.54) is 6.92 Å². The van der Waals surface area contributed by atoms with Crippen LogP contribution in [0.1, 0.15) is 64.7 Å². The van der Waals surface area contributed by atoms with Crippen LogP contribution < -0.4 is 20.7 Å². The average molecular weight is 646 g/mol. The molecule has 0 aromatic heterocycles. The normalized spacial score (nSPS) is 13.1. The van der Waals surface area contributed by atoms with E-state index in [1.807, 2.05) is 86.6 Å². The lowest BCUT2D eigenvalue weighted by Crippen LogP contribution is -2.56. The fourth-order valence-corrected chi connectivity index (χ4v) is 4.56. The van der Waals surface area contributed by atoms with Crippen molar-refractivity contribution in [1.82, 2.24) is 16.0 Å². The van der Waals surface area contributed by atoms with Crippen molar-refractivity contribution in [2.75, 3.05) is 0 Å². The molecule has 10 nitrogen and oxygen atoms in total. The van der Waals surface area contributed by atoms with Gasteiger partial charge >= 0.3 is 12.1 Å². The Morgan fingerprint density at radius 3 is 1.77 bits per heavy atom. The quantitative estimate of drug-likeness (QED) is 0.187. The van der Waals surface area contributed by atoms with Gasteiger partial charge in [-0.15, -0.1) is 0 Å². The maximum atomic E-state index is 13.7. The molecule has 3 aromatic carbocycles. The van der Waals surface area contributed by atoms with Crippen molar-refractivity contribution < 1.29 is 33.4 Å². The summed E-state index contributed by atoms with van der Waals surface area (Å²) >= 11 is 0. The molecule has 0 bridgehead atoms. The first-order chi connectivity index (χ1) is 22.3. The molecule has 0 fully saturated rings. The van der Waals surface area contributed by atoms with E-state index in [2.05, 4.69) is 16.0 Å². The van der Waals surface area contributed by atoms with Crippen LogP contribution in [0.3, 0.4) is 0 Å². The average Bonchev–Trinajstić information content (AvgIpc) is 3.02. The van der Waals surface area contributed by atoms with Gasteiger partial charge in [-0.05, 0) is 68.9 Å². The number of esters is 1. The van der Waals surface area contributed by atoms with Crippen LogP contribution in [-0.4, -0.2) is 47.6 Å². The fourth-order valence-electron chi connectivity index (χ4n) is 4.56. The topological polar surface area (TPSA) is 132 Å². The summed E-state index contributed by atoms with van der Waals surface area (Å²) in [5.74, 6) is -1.01. The predicted molar refractivity (Wildman–Crippen MR) is 179 cm³/mol. The summed E-state index contributed by atoms with van der Waals surface area (Å²) in [6.45, 7) is 11.0. The number of amides is 3. The Kier molecular flexibility index (Phi) is 13.8. The molecule has 0 saturated carbocycles. The number of ether oxygens (including phenoxy) is 3. The largest absolute Gasteiger partial charge is 0.489 e. The molecule has 252 valence electrons. The molecule has 0 aliphatic heterocycles. The number of hydrogen-bond donors (Lipinski definition) is 3. The molecule has 47 heavy (non-hydrogen) atoms. The molecule has 0 unspecified atom stereocenters. The lowest BCUT2D eigenvalue weighted by Gasteiger charge is -2.26. The zero-order valence-corrected chi connectivity index (χ0v) is 28.1. The number of rotatable bonds is 15. The molecule has 3 N–H and O–H groups in total. The van der Waals surface area contributed by atoms with Crippen molar-refractivity contribution in [3.05, 3.63) is 102 Å². The van der Waals surface area contributed by atoms with Crippen LogP contribution in [0.4, 0.5) is 4.79 Å². The minimum atomic E-state index is -1.06. The van der Waals surface area contributed by atoms with Crippen molar-refractivity contribution in [2.24, 2.45) is 5.92 Å². The summed E-state index contributed by atoms with van der Waals surface area (Å²) in [7, 11) is 0. The van der Waals surface area contributed by atoms with Gasteiger partial charge in [0.05, 0.1) is 0 Å². The molecule has 0 aliphatic rings. The highest BCUT2D eigenvalue weighted by molar-refractivity contribution is 5.93. The third kappa shape index (κ3) is 13.6. The van der Waals surface area contributed by atoms with Gasteiger partial charge in [0.2, 0.25) is 11.8 Å². The molecular weight excluding hydrogens is 598 g/mol. The molecule has 3 rings (SSSR count). The highest BCUT2D eigenvalue weighted by Crippen LogP contribution is 2.17. The van der Waals surface area contributed by atoms with Gasteiger partial charge in [-0.1, -0.05) is 86.6 Å². The first-order valence-corrected chi connectivity index (χ1v) is 15.9. The van der Waals surface area contributed by atoms with E-state index in [-0.39, 0.29) is 18.9 Å². The second-order valence-corrected chi connectivity index (χ2v) is 12.8. The van der Waals surface area contributed by atoms with Crippen LogP contribution in [0.25, 0.3) is 0 Å². The number of nitrogens with one attached hydrogen (secondary N) is 3. The molecule has 10 heteroatoms. The van der Waals surface area contributed by atoms with E-state index >= 15 is 0 Å². The molecular formula is C37H47N3O7. The van der Waals surface area contributed by atoms with E-state index in [1.54, 1.807) is 32.9 Å². The summed E-state index contributed by atoms with van der Waals surface area (Å²) in [6.07, 6.45) is -0.335. The molecule has 0 saturated heterocycles. The second-order valence-electron chi connectivity index (χ2n) is 12.8. The molecule has 3 amide bonds. The number of carbonyl (C=O) groups is 4. The van der Waals surface area contributed by atoms with E-state index in [9.17, 15) is 19.2 Å². The number of hydrogen-bond acceptors (Lipinski definition) is 7. The Morgan fingerprint density at radius 2 is 1.21 bits per heavy atom. The van der Waals surface area contributed by atoms with Crippen LogP contribution in [0.2, 0.25) is 0 Å². The molecule has 0 radical (unpaired) electrons. The second kappa shape index (κ2) is 17.7. The monoisotopic (exact) mass is 645 g/mol. The summed E-state index contributed by atoms with van der Waals surface area (Å²) in [5.41, 5.74) is 1.83. The number of carbonyl (C=O) groups excluding carboxylic acids is 4. The van der Waals surface area contributed by atoms with Crippen molar-refractivity contribution in [2.45, 2.75) is 91.3 Å². The van der Waals surface area contributed by atoms with Gasteiger partial charge in [0, 0.05) is 6.42 Å². The van der Waals surface area contributed by atoms with Gasteiger partial charge in [0.25, 0.3) is 0 Å². The van der Waals surface area contributed by atoms with Crippen LogP contribution in [0, 0.1) is 5.92 Å². The summed E-state index contributed by atoms with van der Waals surface area (Å²) < 4.78 is 16.6. The van der Waals surface area contributed by atoms with Crippen molar-refractivity contribution in [1.29, 1.82) is 0 Å². The molecule has 3 aromatic rings. The molecule has 0 aliphatic carbocycles. The van der Waals surface area contributed by atoms with E-state index in [4.69, 9.17) is 14.2 Å². The van der Waals surface area contributed by atoms with E-state index < -0.39 is 47.6 Å². The maximum Gasteiger partial charge on any atom is 0.408 e. The smallest absolute Gasteiger partial charge is 0.408 e. The molecule has 0 heterocycles. The third-order valence-electron chi connectivity index (χ3n) is 6.90. The number of alkyl carbamates (subject to hydrolysis) is 1. The van der Waals surface area contributed by atoms with Gasteiger partial charge in [-0.3, -0.25) is 9.59 Å². The molecule has 3 atom stereocenters. The predicted octanol–water partition coefficient (Wildman–Crippen LogP) is 5.48. The maximum absolute atomic E-state index is 13.7. The number of benzene rings is 3. The fraction of sp³-hybridized carbons (Fsp3) is 0.405. The summed E-state index contributed by atoms with van der Waals surface area (Å²) in [5, 5.41) is 8.12. The first kappa shape index (κ1) is 36.6. The van der Waals surface area contributed by atoms with Gasteiger partial charge in [-0.25, -0.2) is 9.59 Å². The Bertz CT molecular complexity index is 1440. The van der Waals surface area contributed by atoms with Gasteiger partial charge < -0.3 is 30.2 Å². The molecule has 0 spiro atoms. The van der Waals surface area contributed by atoms with E-state index in [0.717, 1.165) is 16.7 Å². The third-order valence-corrected chi connectivity index (χ3v) is 6.90. The SMILES string of the molecule is CC(C)C[C@H](NC(=O)[C@H](Cc1ccc(OCc2ccccc2)cc1)NC(=O)OC(C)(C)C)C(=O)N[C@@H](C)C(=O)OCc1ccccc1. The van der Waals surface area contributed by atoms with Crippen molar-refractivity contribution >= 4 is 23.9 Å². The van der Waals surface area contributed by atoms with Crippen LogP contribution in [-0.2, 0) is 43.5 Å². The Morgan fingerprint density at radius 1 is 0.660 bits per heavy atom. The van der Waals surface area contributed by atoms with Crippen molar-refractivity contribution in [3.8, 4) is 5.75 Å². The van der Waals surface area contributed by atoms with Gasteiger partial charge in [0.15, 0.2) is 0 Å². The minimum absolute atomic E-state index is 0.0343. The standard InChI is InChI=1S/C37H47N3O7/c1-25(2)21-31(33(41)38-26(3)35(43)46-24-29-15-11-8-12-16-29)39-34(42)32(40-36(44)47-37(4,5)6)22-27-17-19-30(20-18-27)45-23-28-13-9-7-10-14-28/h7-20,25-26,31-32H,21-24H2,1-6H3,(H,38,41)(H,39,42)(H,40,44)/t26-,31-,32-/m0/s1. The summed E-state index contributed by atoms with van der Waals surface area (Å²) in [4.78, 5) is 52.4. The van der Waals surface area contributed by atoms with Crippen molar-refractivity contribution in [3.63, 3.8) is 0 Å². The van der Waals surface area contributed by atoms with Crippen LogP contribution >= 0.6 is 0 Å². The highest BCUT2D eigenvalue weighted by atomic mass is 16.6. The zero-order valence-electron chi connectivity index (χ0n) is 28.1. The van der Waals surface area contributed by atoms with Crippen LogP contribution in [0.15, 0.2) is 84.9 Å². The van der Waals surface area contributed by atoms with Gasteiger partial charge in [-0.2, -0.15) is 0 Å². The lowest BCUT2D eigenvalue weighted by atomic mass is 10.0. The van der Waals surface area contributed by atoms with Crippen LogP contribution in [0.5, 0.6) is 5.75 Å². The summed E-state index contributed by atoms with van der Waals surface area (Å²) in [6, 6.07) is 23.3. The van der Waals surface area contributed by atoms with E-state index in [0.29, 0.717) is 18.8 Å². The highest BCUT2D eigenvalue weighted by Gasteiger charge is 2.30. The zero-order chi connectivity index (χ0) is 34.4. The Hall–Kier alpha value is -4.86. The minimum Gasteiger partial charge on any atom is -0.489 e.